The molecule has 0 N–H and O–H groups in total. The molecule has 0 atom stereocenters. The minimum Gasteiger partial charge on any atom is -0.352 e. The number of rotatable bonds is 8. The van der Waals surface area contributed by atoms with E-state index in [9.17, 15) is 0 Å². The van der Waals surface area contributed by atoms with Crippen molar-refractivity contribution in [1.29, 1.82) is 0 Å². The Hall–Kier alpha value is -1.47. The fraction of sp³-hybridized carbons (Fsp3) is 0.263. The van der Waals surface area contributed by atoms with Gasteiger partial charge in [-0.25, -0.2) is 0 Å². The normalized spacial score (nSPS) is 11.6. The summed E-state index contributed by atoms with van der Waals surface area (Å²) in [5.41, 5.74) is 0. The van der Waals surface area contributed by atoms with Crippen molar-refractivity contribution in [2.24, 2.45) is 0 Å². The lowest BCUT2D eigenvalue weighted by Crippen LogP contribution is -2.33. The van der Waals surface area contributed by atoms with Gasteiger partial charge >= 0.3 is 0 Å². The van der Waals surface area contributed by atoms with Crippen molar-refractivity contribution < 1.29 is 9.47 Å². The molecule has 0 fully saturated rings. The van der Waals surface area contributed by atoms with Gasteiger partial charge < -0.3 is 9.47 Å². The van der Waals surface area contributed by atoms with Gasteiger partial charge in [0, 0.05) is 14.2 Å². The van der Waals surface area contributed by atoms with E-state index in [2.05, 4.69) is 67.2 Å². The Labute approximate surface area is 134 Å². The molecule has 0 radical (unpaired) electrons. The highest BCUT2D eigenvalue weighted by molar-refractivity contribution is 7.89. The molecule has 0 spiro atoms. The molecule has 0 aliphatic rings. The molecule has 0 heterocycles. The standard InChI is InChI=1S/C19H24O2P/c1-4-15-22(16-19(20-2)21-3,17-11-7-5-8-12-17)18-13-9-6-10-14-18/h4-14,19H,1,15-16H2,2-3H3/q+1. The van der Waals surface area contributed by atoms with Gasteiger partial charge in [-0.2, -0.15) is 0 Å². The van der Waals surface area contributed by atoms with Crippen LogP contribution in [-0.2, 0) is 9.47 Å². The van der Waals surface area contributed by atoms with E-state index in [1.165, 1.54) is 10.6 Å². The van der Waals surface area contributed by atoms with Crippen LogP contribution in [0.15, 0.2) is 73.3 Å². The van der Waals surface area contributed by atoms with E-state index in [4.69, 9.17) is 9.47 Å². The first-order valence-electron chi connectivity index (χ1n) is 7.41. The van der Waals surface area contributed by atoms with Gasteiger partial charge in [-0.1, -0.05) is 49.1 Å². The van der Waals surface area contributed by atoms with Gasteiger partial charge in [0.2, 0.25) is 0 Å². The number of hydrogen-bond donors (Lipinski definition) is 0. The lowest BCUT2D eigenvalue weighted by Gasteiger charge is -2.29. The molecule has 22 heavy (non-hydrogen) atoms. The third-order valence-electron chi connectivity index (χ3n) is 3.93. The van der Waals surface area contributed by atoms with Crippen LogP contribution in [0.5, 0.6) is 0 Å². The maximum atomic E-state index is 5.52. The third-order valence-corrected chi connectivity index (χ3v) is 8.30. The van der Waals surface area contributed by atoms with Crippen molar-refractivity contribution in [3.63, 3.8) is 0 Å². The maximum absolute atomic E-state index is 5.52. The number of allylic oxidation sites excluding steroid dienone is 1. The molecule has 0 aliphatic carbocycles. The van der Waals surface area contributed by atoms with Crippen LogP contribution in [0.25, 0.3) is 0 Å². The number of benzene rings is 2. The Morgan fingerprint density at radius 3 is 1.73 bits per heavy atom. The Kier molecular flexibility index (Phi) is 6.33. The number of ether oxygens (including phenoxy) is 2. The summed E-state index contributed by atoms with van der Waals surface area (Å²) in [6, 6.07) is 21.4. The van der Waals surface area contributed by atoms with E-state index in [-0.39, 0.29) is 6.29 Å². The summed E-state index contributed by atoms with van der Waals surface area (Å²) in [5.74, 6) is 0. The summed E-state index contributed by atoms with van der Waals surface area (Å²) in [4.78, 5) is 0. The topological polar surface area (TPSA) is 18.5 Å². The van der Waals surface area contributed by atoms with Crippen LogP contribution in [0, 0.1) is 0 Å². The summed E-state index contributed by atoms with van der Waals surface area (Å²) < 4.78 is 11.0. The van der Waals surface area contributed by atoms with Crippen LogP contribution in [-0.4, -0.2) is 32.8 Å². The van der Waals surface area contributed by atoms with Crippen molar-refractivity contribution in [1.82, 2.24) is 0 Å². The van der Waals surface area contributed by atoms with Crippen LogP contribution in [0.1, 0.15) is 0 Å². The van der Waals surface area contributed by atoms with Crippen molar-refractivity contribution in [3.05, 3.63) is 73.3 Å². The quantitative estimate of drug-likeness (QED) is 0.422. The summed E-state index contributed by atoms with van der Waals surface area (Å²) in [6.45, 7) is 4.00. The minimum atomic E-state index is -1.66. The fourth-order valence-corrected chi connectivity index (χ4v) is 6.82. The van der Waals surface area contributed by atoms with Gasteiger partial charge in [0.25, 0.3) is 0 Å². The van der Waals surface area contributed by atoms with Gasteiger partial charge in [-0.15, -0.1) is 0 Å². The first-order valence-corrected chi connectivity index (χ1v) is 9.57. The van der Waals surface area contributed by atoms with E-state index in [0.717, 1.165) is 12.3 Å². The molecule has 116 valence electrons. The van der Waals surface area contributed by atoms with Crippen LogP contribution in [0.4, 0.5) is 0 Å². The lowest BCUT2D eigenvalue weighted by molar-refractivity contribution is -0.0850. The minimum absolute atomic E-state index is 0.214. The molecule has 2 rings (SSSR count). The zero-order valence-corrected chi connectivity index (χ0v) is 14.2. The molecule has 0 amide bonds. The number of hydrogen-bond acceptors (Lipinski definition) is 2. The second-order valence-corrected chi connectivity index (χ2v) is 8.89. The predicted molar refractivity (Wildman–Crippen MR) is 96.8 cm³/mol. The molecule has 3 heteroatoms. The summed E-state index contributed by atoms with van der Waals surface area (Å²) in [7, 11) is 1.74. The van der Waals surface area contributed by atoms with Gasteiger partial charge in [-0.3, -0.25) is 0 Å². The SMILES string of the molecule is C=CC[P+](CC(OC)OC)(c1ccccc1)c1ccccc1. The zero-order valence-electron chi connectivity index (χ0n) is 13.3. The monoisotopic (exact) mass is 315 g/mol. The summed E-state index contributed by atoms with van der Waals surface area (Å²) >= 11 is 0. The van der Waals surface area contributed by atoms with Gasteiger partial charge in [-0.05, 0) is 24.3 Å². The number of methoxy groups -OCH3 is 2. The highest BCUT2D eigenvalue weighted by Crippen LogP contribution is 2.57. The van der Waals surface area contributed by atoms with Gasteiger partial charge in [0.15, 0.2) is 6.29 Å². The average Bonchev–Trinajstić information content (AvgIpc) is 2.60. The van der Waals surface area contributed by atoms with E-state index >= 15 is 0 Å². The van der Waals surface area contributed by atoms with Crippen molar-refractivity contribution >= 4 is 17.9 Å². The van der Waals surface area contributed by atoms with E-state index < -0.39 is 7.26 Å². The summed E-state index contributed by atoms with van der Waals surface area (Å²) in [5, 5.41) is 2.72. The predicted octanol–water partition coefficient (Wildman–Crippen LogP) is 3.46. The molecule has 0 bridgehead atoms. The summed E-state index contributed by atoms with van der Waals surface area (Å²) in [6.07, 6.45) is 3.59. The van der Waals surface area contributed by atoms with Crippen molar-refractivity contribution in [2.45, 2.75) is 6.29 Å². The van der Waals surface area contributed by atoms with E-state index in [1.54, 1.807) is 14.2 Å². The Morgan fingerprint density at radius 2 is 1.36 bits per heavy atom. The molecule has 2 aromatic rings. The molecule has 0 saturated heterocycles. The zero-order chi connectivity index (χ0) is 15.8. The molecule has 0 unspecified atom stereocenters. The first kappa shape index (κ1) is 16.9. The second-order valence-electron chi connectivity index (χ2n) is 5.19. The average molecular weight is 315 g/mol. The second kappa shape index (κ2) is 8.24. The van der Waals surface area contributed by atoms with Crippen LogP contribution < -0.4 is 10.6 Å². The lowest BCUT2D eigenvalue weighted by atomic mass is 10.4. The molecule has 0 saturated carbocycles. The molecule has 0 aliphatic heterocycles. The van der Waals surface area contributed by atoms with Crippen LogP contribution in [0.2, 0.25) is 0 Å². The molecule has 0 aromatic heterocycles. The molecular weight excluding hydrogens is 291 g/mol. The molecule has 2 nitrogen and oxygen atoms in total. The van der Waals surface area contributed by atoms with Crippen LogP contribution >= 0.6 is 7.26 Å². The Bertz CT molecular complexity index is 525. The first-order chi connectivity index (χ1) is 10.8. The Morgan fingerprint density at radius 1 is 0.909 bits per heavy atom. The highest BCUT2D eigenvalue weighted by atomic mass is 31.2. The van der Waals surface area contributed by atoms with E-state index in [1.807, 2.05) is 6.08 Å². The fourth-order valence-electron chi connectivity index (χ4n) is 2.79. The molecular formula is C19H24O2P+. The van der Waals surface area contributed by atoms with E-state index in [0.29, 0.717) is 0 Å². The van der Waals surface area contributed by atoms with Gasteiger partial charge in [0.1, 0.15) is 6.16 Å². The Balaban J connectivity index is 2.56. The smallest absolute Gasteiger partial charge is 0.191 e. The third kappa shape index (κ3) is 3.64. The van der Waals surface area contributed by atoms with Crippen molar-refractivity contribution in [2.75, 3.05) is 26.5 Å². The highest BCUT2D eigenvalue weighted by Gasteiger charge is 2.44. The van der Waals surface area contributed by atoms with Gasteiger partial charge in [0.05, 0.1) is 24.0 Å². The van der Waals surface area contributed by atoms with Crippen molar-refractivity contribution in [3.8, 4) is 0 Å². The van der Waals surface area contributed by atoms with Crippen LogP contribution in [0.3, 0.4) is 0 Å². The maximum Gasteiger partial charge on any atom is 0.191 e. The molecule has 2 aromatic carbocycles. The largest absolute Gasteiger partial charge is 0.352 e.